The highest BCUT2D eigenvalue weighted by Gasteiger charge is 2.31. The summed E-state index contributed by atoms with van der Waals surface area (Å²) < 4.78 is 18.1. The number of H-pyrrole nitrogens is 1. The van der Waals surface area contributed by atoms with Gasteiger partial charge in [0.05, 0.1) is 38.6 Å². The summed E-state index contributed by atoms with van der Waals surface area (Å²) in [5, 5.41) is 13.6. The second-order valence-corrected chi connectivity index (χ2v) is 9.59. The van der Waals surface area contributed by atoms with Crippen LogP contribution in [0.3, 0.4) is 0 Å². The molecule has 0 aliphatic rings. The summed E-state index contributed by atoms with van der Waals surface area (Å²) in [4.78, 5) is 19.0. The van der Waals surface area contributed by atoms with Crippen LogP contribution in [-0.4, -0.2) is 50.9 Å². The third kappa shape index (κ3) is 5.76. The maximum absolute atomic E-state index is 13.8. The molecule has 0 radical (unpaired) electrons. The van der Waals surface area contributed by atoms with Crippen LogP contribution in [0.1, 0.15) is 39.9 Å². The van der Waals surface area contributed by atoms with Crippen molar-refractivity contribution < 1.29 is 13.9 Å². The van der Waals surface area contributed by atoms with Crippen LogP contribution in [0.5, 0.6) is 5.75 Å². The lowest BCUT2D eigenvalue weighted by molar-refractivity contribution is 0.163. The Morgan fingerprint density at radius 3 is 2.62 bits per heavy atom. The molecular weight excluding hydrogens is 496 g/mol. The number of fused-ring (bicyclic) bond motifs is 1. The second kappa shape index (κ2) is 11.6. The van der Waals surface area contributed by atoms with Gasteiger partial charge in [0, 0.05) is 19.2 Å². The summed E-state index contributed by atoms with van der Waals surface area (Å²) in [6.45, 7) is 5.83. The minimum absolute atomic E-state index is 0.195. The topological polar surface area (TPSA) is 111 Å². The first-order valence-electron chi connectivity index (χ1n) is 12.8. The number of nitrogens with zero attached hydrogens (tertiary/aromatic N) is 5. The third-order valence-electron chi connectivity index (χ3n) is 6.78. The van der Waals surface area contributed by atoms with Crippen molar-refractivity contribution >= 4 is 10.9 Å². The van der Waals surface area contributed by atoms with Gasteiger partial charge in [0.25, 0.3) is 5.56 Å². The standard InChI is InChI=1S/C29H32N6O4/c1-19-14-20(2)26-22(15-19)16-25(29(36)30-26)27(28-31-32-33-35(28)11-13-37-3)34(18-24-6-5-12-39-24)17-21-7-9-23(38-4)10-8-21/h5-10,12,14-16,27H,11,13,17-18H2,1-4H3,(H,30,36)/t27-/m1/s1. The number of methoxy groups -OCH3 is 2. The van der Waals surface area contributed by atoms with E-state index in [1.807, 2.05) is 56.3 Å². The molecule has 2 aromatic carbocycles. The van der Waals surface area contributed by atoms with Gasteiger partial charge in [-0.1, -0.05) is 23.8 Å². The molecule has 0 bridgehead atoms. The predicted molar refractivity (Wildman–Crippen MR) is 147 cm³/mol. The monoisotopic (exact) mass is 528 g/mol. The van der Waals surface area contributed by atoms with Gasteiger partial charge in [-0.25, -0.2) is 4.68 Å². The summed E-state index contributed by atoms with van der Waals surface area (Å²) >= 11 is 0. The van der Waals surface area contributed by atoms with E-state index in [1.54, 1.807) is 25.2 Å². The van der Waals surface area contributed by atoms with Gasteiger partial charge in [-0.15, -0.1) is 5.10 Å². The van der Waals surface area contributed by atoms with Crippen molar-refractivity contribution in [3.05, 3.63) is 105 Å². The van der Waals surface area contributed by atoms with Crippen LogP contribution in [0.15, 0.2) is 70.1 Å². The zero-order valence-corrected chi connectivity index (χ0v) is 22.5. The highest BCUT2D eigenvalue weighted by Crippen LogP contribution is 2.31. The van der Waals surface area contributed by atoms with E-state index in [-0.39, 0.29) is 5.56 Å². The molecule has 39 heavy (non-hydrogen) atoms. The van der Waals surface area contributed by atoms with E-state index in [4.69, 9.17) is 13.9 Å². The smallest absolute Gasteiger partial charge is 0.253 e. The quantitative estimate of drug-likeness (QED) is 0.272. The molecule has 1 N–H and O–H groups in total. The maximum Gasteiger partial charge on any atom is 0.253 e. The van der Waals surface area contributed by atoms with Crippen LogP contribution in [0.2, 0.25) is 0 Å². The van der Waals surface area contributed by atoms with E-state index in [2.05, 4.69) is 37.5 Å². The summed E-state index contributed by atoms with van der Waals surface area (Å²) in [5.74, 6) is 2.07. The molecule has 0 fully saturated rings. The Labute approximate surface area is 226 Å². The summed E-state index contributed by atoms with van der Waals surface area (Å²) in [6, 6.07) is 17.2. The lowest BCUT2D eigenvalue weighted by Gasteiger charge is -2.30. The van der Waals surface area contributed by atoms with Crippen molar-refractivity contribution in [2.45, 2.75) is 39.5 Å². The van der Waals surface area contributed by atoms with Crippen LogP contribution >= 0.6 is 0 Å². The fourth-order valence-electron chi connectivity index (χ4n) is 4.96. The van der Waals surface area contributed by atoms with Gasteiger partial charge >= 0.3 is 0 Å². The molecule has 0 aliphatic heterocycles. The third-order valence-corrected chi connectivity index (χ3v) is 6.78. The molecule has 0 saturated heterocycles. The van der Waals surface area contributed by atoms with Gasteiger partial charge in [0.15, 0.2) is 5.82 Å². The number of aromatic nitrogens is 5. The number of hydrogen-bond donors (Lipinski definition) is 1. The van der Waals surface area contributed by atoms with Crippen LogP contribution in [0.25, 0.3) is 10.9 Å². The molecule has 3 heterocycles. The van der Waals surface area contributed by atoms with E-state index in [9.17, 15) is 4.79 Å². The average Bonchev–Trinajstić information content (AvgIpc) is 3.61. The fourth-order valence-corrected chi connectivity index (χ4v) is 4.96. The molecular formula is C29H32N6O4. The molecule has 0 saturated carbocycles. The van der Waals surface area contributed by atoms with Crippen LogP contribution in [0, 0.1) is 13.8 Å². The zero-order chi connectivity index (χ0) is 27.4. The maximum atomic E-state index is 13.8. The number of tetrazole rings is 1. The number of aryl methyl sites for hydroxylation is 2. The molecule has 3 aromatic heterocycles. The first kappa shape index (κ1) is 26.3. The Morgan fingerprint density at radius 1 is 1.08 bits per heavy atom. The molecule has 0 aliphatic carbocycles. The molecule has 5 rings (SSSR count). The molecule has 10 heteroatoms. The lowest BCUT2D eigenvalue weighted by atomic mass is 10.00. The Hall–Kier alpha value is -4.28. The lowest BCUT2D eigenvalue weighted by Crippen LogP contribution is -2.35. The van der Waals surface area contributed by atoms with Gasteiger partial charge in [-0.05, 0) is 77.2 Å². The van der Waals surface area contributed by atoms with Gasteiger partial charge in [0.1, 0.15) is 17.6 Å². The van der Waals surface area contributed by atoms with E-state index in [1.165, 1.54) is 0 Å². The SMILES string of the molecule is COCCn1nnnc1[C@@H](c1cc2cc(C)cc(C)c2[nH]c1=O)N(Cc1ccc(OC)cc1)Cc1ccco1. The first-order valence-corrected chi connectivity index (χ1v) is 12.8. The van der Waals surface area contributed by atoms with Crippen molar-refractivity contribution in [1.29, 1.82) is 0 Å². The van der Waals surface area contributed by atoms with Crippen molar-refractivity contribution in [2.24, 2.45) is 0 Å². The summed E-state index contributed by atoms with van der Waals surface area (Å²) in [5.41, 5.74) is 4.33. The van der Waals surface area contributed by atoms with E-state index in [0.29, 0.717) is 37.6 Å². The fraction of sp³-hybridized carbons (Fsp3) is 0.310. The molecule has 10 nitrogen and oxygen atoms in total. The highest BCUT2D eigenvalue weighted by atomic mass is 16.5. The Bertz CT molecular complexity index is 1590. The average molecular weight is 529 g/mol. The molecule has 0 amide bonds. The van der Waals surface area contributed by atoms with Gasteiger partial charge in [-0.2, -0.15) is 0 Å². The molecule has 5 aromatic rings. The van der Waals surface area contributed by atoms with Crippen LogP contribution in [-0.2, 0) is 24.4 Å². The van der Waals surface area contributed by atoms with Crippen molar-refractivity contribution in [2.75, 3.05) is 20.8 Å². The normalized spacial score (nSPS) is 12.3. The van der Waals surface area contributed by atoms with Crippen molar-refractivity contribution in [1.82, 2.24) is 30.1 Å². The number of furan rings is 1. The largest absolute Gasteiger partial charge is 0.497 e. The molecule has 0 unspecified atom stereocenters. The van der Waals surface area contributed by atoms with Crippen molar-refractivity contribution in [3.63, 3.8) is 0 Å². The van der Waals surface area contributed by atoms with Crippen LogP contribution < -0.4 is 10.3 Å². The zero-order valence-electron chi connectivity index (χ0n) is 22.5. The number of hydrogen-bond acceptors (Lipinski definition) is 8. The Balaban J connectivity index is 1.68. The van der Waals surface area contributed by atoms with E-state index >= 15 is 0 Å². The number of nitrogens with one attached hydrogen (secondary N) is 1. The minimum atomic E-state index is -0.585. The number of benzene rings is 2. The van der Waals surface area contributed by atoms with Crippen LogP contribution in [0.4, 0.5) is 0 Å². The summed E-state index contributed by atoms with van der Waals surface area (Å²) in [7, 11) is 3.27. The number of ether oxygens (including phenoxy) is 2. The number of rotatable bonds is 11. The Kier molecular flexibility index (Phi) is 7.85. The first-order chi connectivity index (χ1) is 19.0. The Morgan fingerprint density at radius 2 is 1.90 bits per heavy atom. The predicted octanol–water partition coefficient (Wildman–Crippen LogP) is 4.17. The highest BCUT2D eigenvalue weighted by molar-refractivity contribution is 5.83. The van der Waals surface area contributed by atoms with Crippen molar-refractivity contribution in [3.8, 4) is 5.75 Å². The number of pyridine rings is 1. The van der Waals surface area contributed by atoms with E-state index < -0.39 is 6.04 Å². The van der Waals surface area contributed by atoms with Gasteiger partial charge in [0.2, 0.25) is 0 Å². The molecule has 0 spiro atoms. The summed E-state index contributed by atoms with van der Waals surface area (Å²) in [6.07, 6.45) is 1.65. The molecule has 202 valence electrons. The molecule has 1 atom stereocenters. The van der Waals surface area contributed by atoms with E-state index in [0.717, 1.165) is 39.1 Å². The number of aromatic amines is 1. The second-order valence-electron chi connectivity index (χ2n) is 9.59. The van der Waals surface area contributed by atoms with Gasteiger partial charge < -0.3 is 18.9 Å². The minimum Gasteiger partial charge on any atom is -0.497 e. The van der Waals surface area contributed by atoms with Gasteiger partial charge in [-0.3, -0.25) is 9.69 Å².